The number of hydrogen-bond donors (Lipinski definition) is 4. The summed E-state index contributed by atoms with van der Waals surface area (Å²) in [6, 6.07) is 0.130. The summed E-state index contributed by atoms with van der Waals surface area (Å²) in [4.78, 5) is 10.5. The third-order valence-electron chi connectivity index (χ3n) is 2.46. The molecule has 1 aliphatic heterocycles. The summed E-state index contributed by atoms with van der Waals surface area (Å²) >= 11 is 0. The number of aliphatic hydroxyl groups excluding tert-OH is 2. The molecule has 1 fully saturated rings. The fraction of sp³-hybridized carbons (Fsp3) is 0.909. The number of carbonyl (C=O) groups is 1. The second-order valence-corrected chi connectivity index (χ2v) is 3.95. The molecule has 5 nitrogen and oxygen atoms in total. The first kappa shape index (κ1) is 15.3. The standard InChI is InChI=1S/C6H13NO.C5H11NO2/c1-3-4-5-6(8)7-2;7-3-4-1-5(8)2-6-4/h3-5H2,1-2H3,(H,7,8);4-8H,1-3H2. The topological polar surface area (TPSA) is 81.6 Å². The zero-order valence-electron chi connectivity index (χ0n) is 10.2. The Morgan fingerprint density at radius 3 is 2.56 bits per heavy atom. The largest absolute Gasteiger partial charge is 0.395 e. The number of nitrogens with one attached hydrogen (secondary N) is 2. The monoisotopic (exact) mass is 232 g/mol. The number of aliphatic hydroxyl groups is 2. The summed E-state index contributed by atoms with van der Waals surface area (Å²) in [6.45, 7) is 2.84. The third-order valence-corrected chi connectivity index (χ3v) is 2.46. The Hall–Kier alpha value is -0.650. The maximum atomic E-state index is 10.5. The van der Waals surface area contributed by atoms with E-state index in [2.05, 4.69) is 17.6 Å². The molecule has 1 amide bonds. The lowest BCUT2D eigenvalue weighted by atomic mass is 10.2. The summed E-state index contributed by atoms with van der Waals surface area (Å²) in [7, 11) is 1.66. The first-order valence-electron chi connectivity index (χ1n) is 5.86. The van der Waals surface area contributed by atoms with Gasteiger partial charge in [0, 0.05) is 26.1 Å². The fourth-order valence-electron chi connectivity index (χ4n) is 1.40. The molecule has 0 aliphatic carbocycles. The Morgan fingerprint density at radius 2 is 2.25 bits per heavy atom. The molecular weight excluding hydrogens is 208 g/mol. The first-order chi connectivity index (χ1) is 7.63. The van der Waals surface area contributed by atoms with E-state index in [0.717, 1.165) is 12.8 Å². The van der Waals surface area contributed by atoms with E-state index in [1.807, 2.05) is 0 Å². The Kier molecular flexibility index (Phi) is 9.18. The molecule has 2 unspecified atom stereocenters. The van der Waals surface area contributed by atoms with Crippen LogP contribution in [0.4, 0.5) is 0 Å². The molecule has 0 radical (unpaired) electrons. The lowest BCUT2D eigenvalue weighted by molar-refractivity contribution is -0.120. The molecule has 0 saturated carbocycles. The highest BCUT2D eigenvalue weighted by Crippen LogP contribution is 2.03. The minimum atomic E-state index is -0.243. The van der Waals surface area contributed by atoms with E-state index in [1.54, 1.807) is 7.05 Å². The van der Waals surface area contributed by atoms with Crippen LogP contribution in [0.1, 0.15) is 32.6 Å². The predicted molar refractivity (Wildman–Crippen MR) is 63.1 cm³/mol. The van der Waals surface area contributed by atoms with Gasteiger partial charge in [-0.3, -0.25) is 4.79 Å². The fourth-order valence-corrected chi connectivity index (χ4v) is 1.40. The van der Waals surface area contributed by atoms with Gasteiger partial charge in [-0.15, -0.1) is 0 Å². The van der Waals surface area contributed by atoms with Crippen molar-refractivity contribution in [3.8, 4) is 0 Å². The van der Waals surface area contributed by atoms with Gasteiger partial charge in [0.25, 0.3) is 0 Å². The Balaban J connectivity index is 0.000000281. The summed E-state index contributed by atoms with van der Waals surface area (Å²) in [5.74, 6) is 0.145. The minimum Gasteiger partial charge on any atom is -0.395 e. The first-order valence-corrected chi connectivity index (χ1v) is 5.86. The van der Waals surface area contributed by atoms with Crippen molar-refractivity contribution in [1.29, 1.82) is 0 Å². The van der Waals surface area contributed by atoms with E-state index in [1.165, 1.54) is 0 Å². The molecule has 2 atom stereocenters. The summed E-state index contributed by atoms with van der Waals surface area (Å²) in [5, 5.41) is 22.9. The van der Waals surface area contributed by atoms with Gasteiger partial charge in [0.05, 0.1) is 12.7 Å². The van der Waals surface area contributed by atoms with Gasteiger partial charge in [-0.1, -0.05) is 13.3 Å². The predicted octanol–water partition coefficient (Wildman–Crippen LogP) is -0.376. The molecule has 4 N–H and O–H groups in total. The van der Waals surface area contributed by atoms with Crippen molar-refractivity contribution < 1.29 is 15.0 Å². The van der Waals surface area contributed by atoms with Crippen molar-refractivity contribution in [1.82, 2.24) is 10.6 Å². The zero-order valence-corrected chi connectivity index (χ0v) is 10.2. The number of amides is 1. The molecule has 5 heteroatoms. The van der Waals surface area contributed by atoms with Crippen LogP contribution >= 0.6 is 0 Å². The minimum absolute atomic E-state index is 0.130. The second kappa shape index (κ2) is 9.57. The van der Waals surface area contributed by atoms with Crippen LogP contribution in [0.3, 0.4) is 0 Å². The molecule has 0 aromatic carbocycles. The Morgan fingerprint density at radius 1 is 1.56 bits per heavy atom. The molecule has 96 valence electrons. The molecule has 1 saturated heterocycles. The van der Waals surface area contributed by atoms with Crippen LogP contribution in [-0.2, 0) is 4.79 Å². The van der Waals surface area contributed by atoms with E-state index >= 15 is 0 Å². The highest BCUT2D eigenvalue weighted by atomic mass is 16.3. The van der Waals surface area contributed by atoms with Crippen LogP contribution in [0.15, 0.2) is 0 Å². The van der Waals surface area contributed by atoms with Gasteiger partial charge in [-0.05, 0) is 12.8 Å². The van der Waals surface area contributed by atoms with Crippen molar-refractivity contribution >= 4 is 5.91 Å². The average Bonchev–Trinajstić information content (AvgIpc) is 2.72. The number of β-amino-alcohol motifs (C(OH)–C–C–N with tert-alkyl or cyclic N) is 1. The van der Waals surface area contributed by atoms with E-state index < -0.39 is 0 Å². The number of hydrogen-bond acceptors (Lipinski definition) is 4. The lowest BCUT2D eigenvalue weighted by Gasteiger charge is -2.01. The van der Waals surface area contributed by atoms with Gasteiger partial charge in [-0.2, -0.15) is 0 Å². The number of rotatable bonds is 4. The normalized spacial score (nSPS) is 23.5. The van der Waals surface area contributed by atoms with Crippen molar-refractivity contribution in [2.75, 3.05) is 20.2 Å². The van der Waals surface area contributed by atoms with Crippen LogP contribution in [0.2, 0.25) is 0 Å². The molecular formula is C11H24N2O3. The lowest BCUT2D eigenvalue weighted by Crippen LogP contribution is -2.24. The highest BCUT2D eigenvalue weighted by molar-refractivity contribution is 5.75. The van der Waals surface area contributed by atoms with Gasteiger partial charge >= 0.3 is 0 Å². The SMILES string of the molecule is CCCCC(=O)NC.OCC1CC(O)CN1. The zero-order chi connectivity index (χ0) is 12.4. The Bertz CT molecular complexity index is 188. The third kappa shape index (κ3) is 7.62. The molecule has 1 rings (SSSR count). The van der Waals surface area contributed by atoms with Gasteiger partial charge in [-0.25, -0.2) is 0 Å². The van der Waals surface area contributed by atoms with E-state index in [0.29, 0.717) is 19.4 Å². The molecule has 1 aliphatic rings. The van der Waals surface area contributed by atoms with Crippen LogP contribution in [0, 0.1) is 0 Å². The smallest absolute Gasteiger partial charge is 0.219 e. The van der Waals surface area contributed by atoms with Gasteiger partial charge in [0.15, 0.2) is 0 Å². The molecule has 0 spiro atoms. The van der Waals surface area contributed by atoms with Crippen LogP contribution in [-0.4, -0.2) is 48.5 Å². The molecule has 1 heterocycles. The van der Waals surface area contributed by atoms with Gasteiger partial charge in [0.2, 0.25) is 5.91 Å². The van der Waals surface area contributed by atoms with E-state index in [4.69, 9.17) is 10.2 Å². The van der Waals surface area contributed by atoms with Gasteiger partial charge < -0.3 is 20.8 Å². The van der Waals surface area contributed by atoms with E-state index in [-0.39, 0.29) is 24.7 Å². The van der Waals surface area contributed by atoms with Crippen LogP contribution in [0.25, 0.3) is 0 Å². The summed E-state index contributed by atoms with van der Waals surface area (Å²) < 4.78 is 0. The number of unbranched alkanes of at least 4 members (excludes halogenated alkanes) is 1. The molecule has 0 aromatic rings. The maximum Gasteiger partial charge on any atom is 0.219 e. The van der Waals surface area contributed by atoms with Crippen molar-refractivity contribution in [3.63, 3.8) is 0 Å². The van der Waals surface area contributed by atoms with Crippen molar-refractivity contribution in [2.45, 2.75) is 44.8 Å². The molecule has 0 bridgehead atoms. The second-order valence-electron chi connectivity index (χ2n) is 3.95. The van der Waals surface area contributed by atoms with Crippen LogP contribution in [0.5, 0.6) is 0 Å². The maximum absolute atomic E-state index is 10.5. The number of carbonyl (C=O) groups excluding carboxylic acids is 1. The average molecular weight is 232 g/mol. The van der Waals surface area contributed by atoms with Gasteiger partial charge in [0.1, 0.15) is 0 Å². The van der Waals surface area contributed by atoms with Crippen molar-refractivity contribution in [2.24, 2.45) is 0 Å². The summed E-state index contributed by atoms with van der Waals surface area (Å²) in [5.41, 5.74) is 0. The molecule has 16 heavy (non-hydrogen) atoms. The van der Waals surface area contributed by atoms with E-state index in [9.17, 15) is 4.79 Å². The highest BCUT2D eigenvalue weighted by Gasteiger charge is 2.20. The molecule has 0 aromatic heterocycles. The van der Waals surface area contributed by atoms with Crippen molar-refractivity contribution in [3.05, 3.63) is 0 Å². The van der Waals surface area contributed by atoms with Crippen LogP contribution < -0.4 is 10.6 Å². The quantitative estimate of drug-likeness (QED) is 0.533. The summed E-state index contributed by atoms with van der Waals surface area (Å²) in [6.07, 6.45) is 3.21. The Labute approximate surface area is 97.2 Å².